The average molecular weight is 419 g/mol. The Morgan fingerprint density at radius 1 is 1.30 bits per heavy atom. The van der Waals surface area contributed by atoms with E-state index in [0.717, 1.165) is 32.4 Å². The fourth-order valence-electron chi connectivity index (χ4n) is 2.57. The average Bonchev–Trinajstić information content (AvgIpc) is 2.55. The van der Waals surface area contributed by atoms with Crippen molar-refractivity contribution in [3.05, 3.63) is 68.8 Å². The predicted octanol–water partition coefficient (Wildman–Crippen LogP) is 4.88. The highest BCUT2D eigenvalue weighted by Crippen LogP contribution is 2.42. The molecule has 118 valence electrons. The molecule has 1 aromatic heterocycles. The topological polar surface area (TPSA) is 42.4 Å². The Bertz CT molecular complexity index is 779. The normalized spacial score (nSPS) is 16.9. The number of ether oxygens (including phenoxy) is 1. The number of hydrogen-bond donors (Lipinski definition) is 1. The van der Waals surface area contributed by atoms with Crippen LogP contribution in [0.15, 0.2) is 42.8 Å². The number of nitrogens with zero attached hydrogens (tertiary/aromatic N) is 1. The fraction of sp³-hybridized carbons (Fsp3) is 0.211. The van der Waals surface area contributed by atoms with Crippen molar-refractivity contribution in [2.24, 2.45) is 0 Å². The SMILES string of the molecule is CC/C=C\c1c(I)ccc2c1C(O)C(c1ccc(C)cn1)=CO2. The van der Waals surface area contributed by atoms with E-state index >= 15 is 0 Å². The Hall–Kier alpha value is -1.66. The van der Waals surface area contributed by atoms with Gasteiger partial charge in [0.2, 0.25) is 0 Å². The van der Waals surface area contributed by atoms with Gasteiger partial charge in [-0.3, -0.25) is 4.98 Å². The van der Waals surface area contributed by atoms with Crippen LogP contribution >= 0.6 is 22.6 Å². The summed E-state index contributed by atoms with van der Waals surface area (Å²) in [4.78, 5) is 4.41. The van der Waals surface area contributed by atoms with Gasteiger partial charge in [0.15, 0.2) is 0 Å². The van der Waals surface area contributed by atoms with E-state index in [1.54, 1.807) is 12.5 Å². The number of hydrogen-bond acceptors (Lipinski definition) is 3. The number of benzene rings is 1. The molecule has 1 aromatic carbocycles. The molecule has 4 heteroatoms. The number of allylic oxidation sites excluding steroid dienone is 1. The number of fused-ring (bicyclic) bond motifs is 1. The number of rotatable bonds is 3. The Labute approximate surface area is 149 Å². The molecule has 0 aliphatic carbocycles. The van der Waals surface area contributed by atoms with E-state index in [-0.39, 0.29) is 0 Å². The van der Waals surface area contributed by atoms with Gasteiger partial charge in [-0.05, 0) is 65.3 Å². The summed E-state index contributed by atoms with van der Waals surface area (Å²) in [5, 5.41) is 10.9. The van der Waals surface area contributed by atoms with Gasteiger partial charge in [0.25, 0.3) is 0 Å². The van der Waals surface area contributed by atoms with Crippen LogP contribution in [0.4, 0.5) is 0 Å². The third kappa shape index (κ3) is 3.19. The van der Waals surface area contributed by atoms with Gasteiger partial charge in [0.1, 0.15) is 11.9 Å². The van der Waals surface area contributed by atoms with Crippen molar-refractivity contribution in [2.45, 2.75) is 26.4 Å². The van der Waals surface area contributed by atoms with Crippen LogP contribution in [-0.2, 0) is 0 Å². The molecule has 1 aliphatic heterocycles. The summed E-state index contributed by atoms with van der Waals surface area (Å²) in [5.41, 5.74) is 4.32. The van der Waals surface area contributed by atoms with Crippen molar-refractivity contribution < 1.29 is 9.84 Å². The Balaban J connectivity index is 2.07. The van der Waals surface area contributed by atoms with Gasteiger partial charge in [0, 0.05) is 20.9 Å². The minimum atomic E-state index is -0.750. The van der Waals surface area contributed by atoms with Gasteiger partial charge in [-0.25, -0.2) is 0 Å². The quantitative estimate of drug-likeness (QED) is 0.721. The van der Waals surface area contributed by atoms with Crippen molar-refractivity contribution in [3.8, 4) is 5.75 Å². The molecular formula is C19H18INO2. The summed E-state index contributed by atoms with van der Waals surface area (Å²) in [6, 6.07) is 7.80. The maximum absolute atomic E-state index is 10.9. The van der Waals surface area contributed by atoms with E-state index in [1.807, 2.05) is 31.2 Å². The van der Waals surface area contributed by atoms with Crippen LogP contribution in [-0.4, -0.2) is 10.1 Å². The molecule has 0 saturated heterocycles. The highest BCUT2D eigenvalue weighted by molar-refractivity contribution is 14.1. The van der Waals surface area contributed by atoms with Crippen molar-refractivity contribution in [1.82, 2.24) is 4.98 Å². The second-order valence-electron chi connectivity index (χ2n) is 5.50. The largest absolute Gasteiger partial charge is 0.464 e. The third-order valence-electron chi connectivity index (χ3n) is 3.80. The number of halogens is 1. The maximum atomic E-state index is 10.9. The highest BCUT2D eigenvalue weighted by atomic mass is 127. The van der Waals surface area contributed by atoms with Crippen LogP contribution in [0, 0.1) is 10.5 Å². The molecule has 1 aliphatic rings. The summed E-state index contributed by atoms with van der Waals surface area (Å²) < 4.78 is 6.86. The first-order valence-electron chi connectivity index (χ1n) is 7.58. The molecule has 1 atom stereocenters. The van der Waals surface area contributed by atoms with E-state index in [1.165, 1.54) is 0 Å². The van der Waals surface area contributed by atoms with E-state index in [9.17, 15) is 5.11 Å². The van der Waals surface area contributed by atoms with Crippen molar-refractivity contribution in [2.75, 3.05) is 0 Å². The molecule has 3 rings (SSSR count). The van der Waals surface area contributed by atoms with Gasteiger partial charge in [-0.15, -0.1) is 0 Å². The predicted molar refractivity (Wildman–Crippen MR) is 101 cm³/mol. The lowest BCUT2D eigenvalue weighted by Gasteiger charge is -2.25. The van der Waals surface area contributed by atoms with Gasteiger partial charge in [-0.1, -0.05) is 25.1 Å². The van der Waals surface area contributed by atoms with Crippen LogP contribution in [0.2, 0.25) is 0 Å². The Morgan fingerprint density at radius 2 is 2.13 bits per heavy atom. The first kappa shape index (κ1) is 16.2. The third-order valence-corrected chi connectivity index (χ3v) is 4.74. The molecule has 0 amide bonds. The highest BCUT2D eigenvalue weighted by Gasteiger charge is 2.27. The molecule has 23 heavy (non-hydrogen) atoms. The molecule has 1 N–H and O–H groups in total. The Kier molecular flexibility index (Phi) is 4.82. The molecule has 0 radical (unpaired) electrons. The van der Waals surface area contributed by atoms with E-state index in [4.69, 9.17) is 4.74 Å². The second kappa shape index (κ2) is 6.84. The van der Waals surface area contributed by atoms with Gasteiger partial charge in [-0.2, -0.15) is 0 Å². The number of pyridine rings is 1. The van der Waals surface area contributed by atoms with Crippen LogP contribution in [0.25, 0.3) is 11.6 Å². The summed E-state index contributed by atoms with van der Waals surface area (Å²) in [7, 11) is 0. The minimum Gasteiger partial charge on any atom is -0.464 e. The summed E-state index contributed by atoms with van der Waals surface area (Å²) in [6.07, 6.45) is 7.74. The van der Waals surface area contributed by atoms with Crippen molar-refractivity contribution in [3.63, 3.8) is 0 Å². The number of aliphatic hydroxyl groups excluding tert-OH is 1. The van der Waals surface area contributed by atoms with Crippen LogP contribution < -0.4 is 4.74 Å². The monoisotopic (exact) mass is 419 g/mol. The van der Waals surface area contributed by atoms with Crippen molar-refractivity contribution >= 4 is 34.2 Å². The number of aryl methyl sites for hydroxylation is 1. The summed E-state index contributed by atoms with van der Waals surface area (Å²) in [5.74, 6) is 0.699. The lowest BCUT2D eigenvalue weighted by atomic mass is 9.92. The first-order valence-corrected chi connectivity index (χ1v) is 8.66. The molecule has 0 spiro atoms. The lowest BCUT2D eigenvalue weighted by Crippen LogP contribution is -2.12. The molecular weight excluding hydrogens is 401 g/mol. The first-order chi connectivity index (χ1) is 11.1. The molecule has 3 nitrogen and oxygen atoms in total. The van der Waals surface area contributed by atoms with E-state index < -0.39 is 6.10 Å². The number of aliphatic hydroxyl groups is 1. The molecule has 0 fully saturated rings. The molecule has 2 heterocycles. The lowest BCUT2D eigenvalue weighted by molar-refractivity contribution is 0.223. The van der Waals surface area contributed by atoms with Crippen LogP contribution in [0.1, 0.15) is 41.8 Å². The summed E-state index contributed by atoms with van der Waals surface area (Å²) >= 11 is 2.29. The zero-order valence-electron chi connectivity index (χ0n) is 13.1. The standard InChI is InChI=1S/C19H18INO2/c1-3-4-5-13-15(20)7-9-17-18(13)19(22)14(11-23-17)16-8-6-12(2)10-21-16/h4-11,19,22H,3H2,1-2H3/b5-4-. The van der Waals surface area contributed by atoms with Crippen LogP contribution in [0.5, 0.6) is 5.75 Å². The van der Waals surface area contributed by atoms with E-state index in [2.05, 4.69) is 46.7 Å². The molecule has 2 aromatic rings. The summed E-state index contributed by atoms with van der Waals surface area (Å²) in [6.45, 7) is 4.08. The maximum Gasteiger partial charge on any atom is 0.133 e. The van der Waals surface area contributed by atoms with Gasteiger partial charge in [0.05, 0.1) is 12.0 Å². The fourth-order valence-corrected chi connectivity index (χ4v) is 3.22. The van der Waals surface area contributed by atoms with E-state index in [0.29, 0.717) is 11.3 Å². The Morgan fingerprint density at radius 3 is 2.83 bits per heavy atom. The van der Waals surface area contributed by atoms with Crippen LogP contribution in [0.3, 0.4) is 0 Å². The van der Waals surface area contributed by atoms with Gasteiger partial charge < -0.3 is 9.84 Å². The van der Waals surface area contributed by atoms with Crippen molar-refractivity contribution in [1.29, 1.82) is 0 Å². The second-order valence-corrected chi connectivity index (χ2v) is 6.66. The number of aromatic nitrogens is 1. The zero-order chi connectivity index (χ0) is 16.4. The smallest absolute Gasteiger partial charge is 0.133 e. The molecule has 0 bridgehead atoms. The molecule has 1 unspecified atom stereocenters. The minimum absolute atomic E-state index is 0.686. The molecule has 0 saturated carbocycles. The zero-order valence-corrected chi connectivity index (χ0v) is 15.2. The van der Waals surface area contributed by atoms with Gasteiger partial charge >= 0.3 is 0 Å².